The SMILES string of the molecule is Cc1cc(NC(=O)c2c(Cl)c(C(=O)C(=O)N[C@H]3CCC[C@H]3O)n3c2CCCC3)ccc1F. The maximum atomic E-state index is 13.6. The fourth-order valence-electron chi connectivity index (χ4n) is 4.52. The number of hydrogen-bond donors (Lipinski definition) is 3. The summed E-state index contributed by atoms with van der Waals surface area (Å²) in [5.41, 5.74) is 1.54. The molecule has 170 valence electrons. The van der Waals surface area contributed by atoms with Gasteiger partial charge in [-0.25, -0.2) is 4.39 Å². The van der Waals surface area contributed by atoms with E-state index < -0.39 is 29.7 Å². The van der Waals surface area contributed by atoms with Gasteiger partial charge < -0.3 is 20.3 Å². The molecule has 9 heteroatoms. The monoisotopic (exact) mass is 461 g/mol. The zero-order valence-corrected chi connectivity index (χ0v) is 18.5. The summed E-state index contributed by atoms with van der Waals surface area (Å²) >= 11 is 6.53. The lowest BCUT2D eigenvalue weighted by Crippen LogP contribution is -2.43. The van der Waals surface area contributed by atoms with Crippen LogP contribution in [0.3, 0.4) is 0 Å². The van der Waals surface area contributed by atoms with Crippen molar-refractivity contribution in [2.24, 2.45) is 0 Å². The minimum atomic E-state index is -0.843. The zero-order valence-electron chi connectivity index (χ0n) is 17.7. The second kappa shape index (κ2) is 9.03. The predicted molar refractivity (Wildman–Crippen MR) is 118 cm³/mol. The van der Waals surface area contributed by atoms with Crippen molar-refractivity contribution in [3.8, 4) is 0 Å². The van der Waals surface area contributed by atoms with Crippen LogP contribution < -0.4 is 10.6 Å². The van der Waals surface area contributed by atoms with E-state index in [-0.39, 0.29) is 22.1 Å². The number of aromatic nitrogens is 1. The van der Waals surface area contributed by atoms with Crippen LogP contribution in [-0.4, -0.2) is 39.4 Å². The average Bonchev–Trinajstić information content (AvgIpc) is 3.29. The lowest BCUT2D eigenvalue weighted by atomic mass is 10.1. The fourth-order valence-corrected chi connectivity index (χ4v) is 4.90. The Kier molecular flexibility index (Phi) is 6.35. The number of Topliss-reactive ketones (excluding diaryl/α,β-unsaturated/α-hetero) is 1. The molecule has 0 unspecified atom stereocenters. The van der Waals surface area contributed by atoms with E-state index in [1.54, 1.807) is 11.5 Å². The number of anilines is 1. The Labute approximate surface area is 189 Å². The molecule has 2 atom stereocenters. The topological polar surface area (TPSA) is 100 Å². The molecule has 1 aliphatic carbocycles. The molecule has 1 aromatic heterocycles. The van der Waals surface area contributed by atoms with Crippen molar-refractivity contribution in [2.75, 3.05) is 5.32 Å². The number of fused-ring (bicyclic) bond motifs is 1. The summed E-state index contributed by atoms with van der Waals surface area (Å²) in [5.74, 6) is -2.57. The molecule has 1 aromatic carbocycles. The van der Waals surface area contributed by atoms with Crippen LogP contribution in [0.1, 0.15) is 64.2 Å². The second-order valence-corrected chi connectivity index (χ2v) is 8.80. The van der Waals surface area contributed by atoms with Crippen molar-refractivity contribution in [1.82, 2.24) is 9.88 Å². The number of aryl methyl sites for hydroxylation is 1. The molecule has 32 heavy (non-hydrogen) atoms. The van der Waals surface area contributed by atoms with Gasteiger partial charge in [0.2, 0.25) is 0 Å². The average molecular weight is 462 g/mol. The van der Waals surface area contributed by atoms with Gasteiger partial charge in [0.1, 0.15) is 11.5 Å². The summed E-state index contributed by atoms with van der Waals surface area (Å²) < 4.78 is 15.2. The Hall–Kier alpha value is -2.71. The Morgan fingerprint density at radius 3 is 2.66 bits per heavy atom. The molecule has 1 fully saturated rings. The molecule has 2 amide bonds. The smallest absolute Gasteiger partial charge is 0.294 e. The van der Waals surface area contributed by atoms with Gasteiger partial charge in [-0.2, -0.15) is 0 Å². The molecule has 2 aromatic rings. The van der Waals surface area contributed by atoms with Gasteiger partial charge in [-0.3, -0.25) is 14.4 Å². The van der Waals surface area contributed by atoms with Crippen LogP contribution in [0.5, 0.6) is 0 Å². The highest BCUT2D eigenvalue weighted by atomic mass is 35.5. The molecule has 7 nitrogen and oxygen atoms in total. The number of ketones is 1. The molecular weight excluding hydrogens is 437 g/mol. The van der Waals surface area contributed by atoms with Crippen LogP contribution in [0.15, 0.2) is 18.2 Å². The number of aliphatic hydroxyl groups excluding tert-OH is 1. The van der Waals surface area contributed by atoms with Crippen molar-refractivity contribution in [3.05, 3.63) is 51.6 Å². The molecule has 3 N–H and O–H groups in total. The summed E-state index contributed by atoms with van der Waals surface area (Å²) in [6.45, 7) is 2.06. The third kappa shape index (κ3) is 4.17. The maximum absolute atomic E-state index is 13.6. The first-order valence-electron chi connectivity index (χ1n) is 10.8. The largest absolute Gasteiger partial charge is 0.391 e. The quantitative estimate of drug-likeness (QED) is 0.469. The number of halogens is 2. The van der Waals surface area contributed by atoms with E-state index in [0.29, 0.717) is 42.8 Å². The van der Waals surface area contributed by atoms with Crippen LogP contribution in [-0.2, 0) is 17.8 Å². The lowest BCUT2D eigenvalue weighted by molar-refractivity contribution is -0.118. The molecule has 0 saturated heterocycles. The Morgan fingerprint density at radius 1 is 1.19 bits per heavy atom. The van der Waals surface area contributed by atoms with Gasteiger partial charge in [0.05, 0.1) is 22.7 Å². The fraction of sp³-hybridized carbons (Fsp3) is 0.435. The number of aliphatic hydroxyl groups is 1. The Balaban J connectivity index is 1.64. The van der Waals surface area contributed by atoms with Gasteiger partial charge >= 0.3 is 0 Å². The molecule has 1 aliphatic heterocycles. The van der Waals surface area contributed by atoms with Crippen LogP contribution in [0.4, 0.5) is 10.1 Å². The number of carbonyl (C=O) groups excluding carboxylic acids is 3. The number of rotatable bonds is 5. The molecule has 2 aliphatic rings. The number of benzene rings is 1. The summed E-state index contributed by atoms with van der Waals surface area (Å²) in [6, 6.07) is 3.75. The summed E-state index contributed by atoms with van der Waals surface area (Å²) in [4.78, 5) is 38.8. The third-order valence-corrected chi connectivity index (χ3v) is 6.59. The van der Waals surface area contributed by atoms with Crippen LogP contribution in [0.2, 0.25) is 5.02 Å². The van der Waals surface area contributed by atoms with Gasteiger partial charge in [-0.05, 0) is 69.2 Å². The maximum Gasteiger partial charge on any atom is 0.294 e. The molecule has 1 saturated carbocycles. The van der Waals surface area contributed by atoms with E-state index in [2.05, 4.69) is 10.6 Å². The van der Waals surface area contributed by atoms with Crippen molar-refractivity contribution in [2.45, 2.75) is 64.1 Å². The van der Waals surface area contributed by atoms with Gasteiger partial charge in [0.25, 0.3) is 17.6 Å². The summed E-state index contributed by atoms with van der Waals surface area (Å²) in [6.07, 6.45) is 3.43. The van der Waals surface area contributed by atoms with Gasteiger partial charge in [-0.1, -0.05) is 11.6 Å². The van der Waals surface area contributed by atoms with Crippen LogP contribution in [0, 0.1) is 12.7 Å². The Bertz CT molecular complexity index is 1100. The number of carbonyl (C=O) groups is 3. The summed E-state index contributed by atoms with van der Waals surface area (Å²) in [5, 5.41) is 15.2. The molecule has 0 spiro atoms. The minimum absolute atomic E-state index is 0.00760. The number of hydrogen-bond acceptors (Lipinski definition) is 4. The van der Waals surface area contributed by atoms with E-state index >= 15 is 0 Å². The van der Waals surface area contributed by atoms with E-state index in [9.17, 15) is 23.9 Å². The van der Waals surface area contributed by atoms with Crippen molar-refractivity contribution in [3.63, 3.8) is 0 Å². The van der Waals surface area contributed by atoms with Crippen molar-refractivity contribution in [1.29, 1.82) is 0 Å². The first-order chi connectivity index (χ1) is 15.3. The molecule has 4 rings (SSSR count). The highest BCUT2D eigenvalue weighted by Crippen LogP contribution is 2.33. The van der Waals surface area contributed by atoms with Gasteiger partial charge in [0.15, 0.2) is 0 Å². The lowest BCUT2D eigenvalue weighted by Gasteiger charge is -2.19. The Morgan fingerprint density at radius 2 is 1.97 bits per heavy atom. The van der Waals surface area contributed by atoms with E-state index in [4.69, 9.17) is 11.6 Å². The number of nitrogens with one attached hydrogen (secondary N) is 2. The number of amides is 2. The molecular formula is C23H25ClFN3O4. The van der Waals surface area contributed by atoms with Crippen LogP contribution >= 0.6 is 11.6 Å². The zero-order chi connectivity index (χ0) is 23.0. The third-order valence-electron chi connectivity index (χ3n) is 6.22. The first kappa shape index (κ1) is 22.5. The van der Waals surface area contributed by atoms with Crippen LogP contribution in [0.25, 0.3) is 0 Å². The van der Waals surface area contributed by atoms with Gasteiger partial charge in [0, 0.05) is 17.9 Å². The van der Waals surface area contributed by atoms with Gasteiger partial charge in [-0.15, -0.1) is 0 Å². The highest BCUT2D eigenvalue weighted by Gasteiger charge is 2.35. The van der Waals surface area contributed by atoms with E-state index in [1.165, 1.54) is 18.2 Å². The molecule has 2 heterocycles. The van der Waals surface area contributed by atoms with Crippen molar-refractivity contribution >= 4 is 34.9 Å². The standard InChI is InChI=1S/C23H25ClFN3O4/c1-12-11-13(8-9-14(12)25)26-22(31)18-16-6-2-3-10-28(16)20(19(18)24)21(30)23(32)27-15-5-4-7-17(15)29/h8-9,11,15,17,29H,2-7,10H2,1H3,(H,26,31)(H,27,32)/t15-,17+/m0/s1. The van der Waals surface area contributed by atoms with Crippen molar-refractivity contribution < 1.29 is 23.9 Å². The minimum Gasteiger partial charge on any atom is -0.391 e. The number of nitrogens with zero attached hydrogens (tertiary/aromatic N) is 1. The molecule has 0 bridgehead atoms. The highest BCUT2D eigenvalue weighted by molar-refractivity contribution is 6.48. The second-order valence-electron chi connectivity index (χ2n) is 8.42. The first-order valence-corrected chi connectivity index (χ1v) is 11.2. The van der Waals surface area contributed by atoms with E-state index in [1.807, 2.05) is 0 Å². The normalized spacial score (nSPS) is 20.0. The molecule has 0 radical (unpaired) electrons. The predicted octanol–water partition coefficient (Wildman–Crippen LogP) is 3.39. The van der Waals surface area contributed by atoms with E-state index in [0.717, 1.165) is 19.3 Å². The summed E-state index contributed by atoms with van der Waals surface area (Å²) in [7, 11) is 0.